The number of hydrogen-bond acceptors (Lipinski definition) is 4. The standard InChI is InChI=1S/C25H31N3O4S/c1-4-19-8-5-6-10-23(19)26-25(30)20-9-7-13-27(16-20)33(31,32)22-11-12-24-21(15-22)14-17(2)28(24)18(3)29/h5-6,8,10-12,15,17,20H,4,7,9,13-14,16H2,1-3H3,(H,26,30)/t17-,20-/m1/s1. The minimum absolute atomic E-state index is 0.00418. The summed E-state index contributed by atoms with van der Waals surface area (Å²) < 4.78 is 28.3. The largest absolute Gasteiger partial charge is 0.326 e. The smallest absolute Gasteiger partial charge is 0.243 e. The number of rotatable bonds is 5. The van der Waals surface area contributed by atoms with Crippen LogP contribution in [0.4, 0.5) is 11.4 Å². The highest BCUT2D eigenvalue weighted by atomic mass is 32.2. The molecular formula is C25H31N3O4S. The van der Waals surface area contributed by atoms with Gasteiger partial charge in [0.1, 0.15) is 0 Å². The van der Waals surface area contributed by atoms with Gasteiger partial charge in [-0.25, -0.2) is 8.42 Å². The van der Waals surface area contributed by atoms with E-state index in [1.807, 2.05) is 38.1 Å². The number of nitrogens with one attached hydrogen (secondary N) is 1. The van der Waals surface area contributed by atoms with Crippen LogP contribution in [0.5, 0.6) is 0 Å². The third-order valence-electron chi connectivity index (χ3n) is 6.65. The fourth-order valence-electron chi connectivity index (χ4n) is 4.96. The molecule has 1 fully saturated rings. The third-order valence-corrected chi connectivity index (χ3v) is 8.52. The summed E-state index contributed by atoms with van der Waals surface area (Å²) in [6, 6.07) is 12.7. The van der Waals surface area contributed by atoms with Crippen molar-refractivity contribution in [2.45, 2.75) is 57.4 Å². The zero-order chi connectivity index (χ0) is 23.8. The molecule has 0 aromatic heterocycles. The Morgan fingerprint density at radius 3 is 2.64 bits per heavy atom. The van der Waals surface area contributed by atoms with Gasteiger partial charge in [-0.15, -0.1) is 0 Å². The summed E-state index contributed by atoms with van der Waals surface area (Å²) in [5.74, 6) is -0.594. The predicted molar refractivity (Wildman–Crippen MR) is 129 cm³/mol. The highest BCUT2D eigenvalue weighted by molar-refractivity contribution is 7.89. The lowest BCUT2D eigenvalue weighted by Gasteiger charge is -2.31. The number of benzene rings is 2. The number of hydrogen-bond donors (Lipinski definition) is 1. The van der Waals surface area contributed by atoms with E-state index in [0.717, 1.165) is 28.9 Å². The predicted octanol–water partition coefficient (Wildman–Crippen LogP) is 3.59. The van der Waals surface area contributed by atoms with Gasteiger partial charge in [-0.05, 0) is 68.0 Å². The average Bonchev–Trinajstić information content (AvgIpc) is 3.14. The number of anilines is 2. The first-order valence-electron chi connectivity index (χ1n) is 11.5. The molecule has 2 heterocycles. The molecule has 0 radical (unpaired) electrons. The van der Waals surface area contributed by atoms with Gasteiger partial charge in [-0.1, -0.05) is 25.1 Å². The maximum Gasteiger partial charge on any atom is 0.243 e. The minimum atomic E-state index is -3.74. The lowest BCUT2D eigenvalue weighted by atomic mass is 9.98. The topological polar surface area (TPSA) is 86.8 Å². The van der Waals surface area contributed by atoms with Crippen molar-refractivity contribution >= 4 is 33.2 Å². The maximum atomic E-state index is 13.4. The molecule has 0 bridgehead atoms. The molecular weight excluding hydrogens is 438 g/mol. The van der Waals surface area contributed by atoms with E-state index in [-0.39, 0.29) is 29.3 Å². The van der Waals surface area contributed by atoms with E-state index < -0.39 is 15.9 Å². The Balaban J connectivity index is 1.52. The highest BCUT2D eigenvalue weighted by Gasteiger charge is 2.35. The number of para-hydroxylation sites is 1. The molecule has 4 rings (SSSR count). The first-order valence-corrected chi connectivity index (χ1v) is 13.0. The van der Waals surface area contributed by atoms with Gasteiger partial charge < -0.3 is 10.2 Å². The lowest BCUT2D eigenvalue weighted by Crippen LogP contribution is -2.43. The molecule has 176 valence electrons. The molecule has 1 N–H and O–H groups in total. The SMILES string of the molecule is CCc1ccccc1NC(=O)[C@@H]1CCCN(S(=O)(=O)c2ccc3c(c2)C[C@@H](C)N3C(C)=O)C1. The number of fused-ring (bicyclic) bond motifs is 1. The van der Waals surface area contributed by atoms with Crippen LogP contribution in [0.15, 0.2) is 47.4 Å². The lowest BCUT2D eigenvalue weighted by molar-refractivity contribution is -0.121. The Hall–Kier alpha value is -2.71. The van der Waals surface area contributed by atoms with Gasteiger partial charge in [0.05, 0.1) is 10.8 Å². The van der Waals surface area contributed by atoms with Crippen molar-refractivity contribution in [3.63, 3.8) is 0 Å². The number of piperidine rings is 1. The third kappa shape index (κ3) is 4.54. The normalized spacial score (nSPS) is 21.0. The van der Waals surface area contributed by atoms with E-state index in [1.54, 1.807) is 23.1 Å². The second-order valence-corrected chi connectivity index (χ2v) is 10.9. The fourth-order valence-corrected chi connectivity index (χ4v) is 6.53. The van der Waals surface area contributed by atoms with Crippen LogP contribution in [0.3, 0.4) is 0 Å². The van der Waals surface area contributed by atoms with Crippen LogP contribution in [0, 0.1) is 5.92 Å². The monoisotopic (exact) mass is 469 g/mol. The van der Waals surface area contributed by atoms with Gasteiger partial charge >= 0.3 is 0 Å². The number of sulfonamides is 1. The minimum Gasteiger partial charge on any atom is -0.326 e. The Morgan fingerprint density at radius 1 is 1.15 bits per heavy atom. The van der Waals surface area contributed by atoms with E-state index in [9.17, 15) is 18.0 Å². The first-order chi connectivity index (χ1) is 15.7. The Bertz CT molecular complexity index is 1180. The molecule has 0 aliphatic carbocycles. The van der Waals surface area contributed by atoms with Crippen LogP contribution in [0.2, 0.25) is 0 Å². The van der Waals surface area contributed by atoms with E-state index in [4.69, 9.17) is 0 Å². The van der Waals surface area contributed by atoms with Crippen molar-refractivity contribution in [2.24, 2.45) is 5.92 Å². The van der Waals surface area contributed by atoms with Gasteiger partial charge in [0.25, 0.3) is 0 Å². The van der Waals surface area contributed by atoms with Crippen molar-refractivity contribution < 1.29 is 18.0 Å². The van der Waals surface area contributed by atoms with Gasteiger partial charge in [0.2, 0.25) is 21.8 Å². The van der Waals surface area contributed by atoms with Gasteiger partial charge in [0, 0.05) is 37.4 Å². The Morgan fingerprint density at radius 2 is 1.91 bits per heavy atom. The van der Waals surface area contributed by atoms with E-state index in [0.29, 0.717) is 25.8 Å². The molecule has 33 heavy (non-hydrogen) atoms. The molecule has 0 saturated carbocycles. The number of carbonyl (C=O) groups is 2. The summed E-state index contributed by atoms with van der Waals surface area (Å²) in [5.41, 5.74) is 3.48. The van der Waals surface area contributed by atoms with Gasteiger partial charge in [0.15, 0.2) is 0 Å². The maximum absolute atomic E-state index is 13.4. The summed E-state index contributed by atoms with van der Waals surface area (Å²) in [4.78, 5) is 26.9. The second-order valence-electron chi connectivity index (χ2n) is 8.93. The van der Waals surface area contributed by atoms with Crippen molar-refractivity contribution in [1.82, 2.24) is 4.31 Å². The zero-order valence-electron chi connectivity index (χ0n) is 19.4. The van der Waals surface area contributed by atoms with Crippen LogP contribution < -0.4 is 10.2 Å². The van der Waals surface area contributed by atoms with Gasteiger partial charge in [-0.2, -0.15) is 4.31 Å². The number of nitrogens with zero attached hydrogens (tertiary/aromatic N) is 2. The molecule has 8 heteroatoms. The van der Waals surface area contributed by atoms with Gasteiger partial charge in [-0.3, -0.25) is 9.59 Å². The first kappa shape index (κ1) is 23.4. The van der Waals surface area contributed by atoms with Crippen molar-refractivity contribution in [3.8, 4) is 0 Å². The van der Waals surface area contributed by atoms with Crippen molar-refractivity contribution in [2.75, 3.05) is 23.3 Å². The molecule has 2 aliphatic heterocycles. The van der Waals surface area contributed by atoms with Crippen molar-refractivity contribution in [1.29, 1.82) is 0 Å². The molecule has 0 unspecified atom stereocenters. The molecule has 2 aromatic rings. The Kier molecular flexibility index (Phi) is 6.59. The molecule has 0 spiro atoms. The van der Waals surface area contributed by atoms with Crippen LogP contribution in [0.25, 0.3) is 0 Å². The van der Waals surface area contributed by atoms with E-state index in [1.165, 1.54) is 11.2 Å². The molecule has 2 aromatic carbocycles. The summed E-state index contributed by atoms with van der Waals surface area (Å²) in [7, 11) is -3.74. The summed E-state index contributed by atoms with van der Waals surface area (Å²) in [5, 5.41) is 3.00. The van der Waals surface area contributed by atoms with Crippen LogP contribution in [-0.2, 0) is 32.5 Å². The summed E-state index contributed by atoms with van der Waals surface area (Å²) >= 11 is 0. The molecule has 2 amide bonds. The molecule has 1 saturated heterocycles. The van der Waals surface area contributed by atoms with Crippen LogP contribution in [0.1, 0.15) is 44.7 Å². The number of aryl methyl sites for hydroxylation is 1. The highest BCUT2D eigenvalue weighted by Crippen LogP contribution is 2.35. The number of amides is 2. The van der Waals surface area contributed by atoms with Crippen LogP contribution >= 0.6 is 0 Å². The van der Waals surface area contributed by atoms with Crippen molar-refractivity contribution in [3.05, 3.63) is 53.6 Å². The van der Waals surface area contributed by atoms with E-state index >= 15 is 0 Å². The Labute approximate surface area is 195 Å². The summed E-state index contributed by atoms with van der Waals surface area (Å²) in [6.45, 7) is 6.07. The number of carbonyl (C=O) groups excluding carboxylic acids is 2. The fraction of sp³-hybridized carbons (Fsp3) is 0.440. The molecule has 2 atom stereocenters. The quantitative estimate of drug-likeness (QED) is 0.725. The van der Waals surface area contributed by atoms with Crippen LogP contribution in [-0.4, -0.2) is 43.7 Å². The molecule has 7 nitrogen and oxygen atoms in total. The zero-order valence-corrected chi connectivity index (χ0v) is 20.2. The second kappa shape index (κ2) is 9.27. The average molecular weight is 470 g/mol. The van der Waals surface area contributed by atoms with E-state index in [2.05, 4.69) is 5.32 Å². The molecule has 2 aliphatic rings. The summed E-state index contributed by atoms with van der Waals surface area (Å²) in [6.07, 6.45) is 2.72.